The molecule has 0 atom stereocenters. The number of piperazine rings is 1. The van der Waals surface area contributed by atoms with E-state index in [0.29, 0.717) is 31.7 Å². The van der Waals surface area contributed by atoms with Crippen LogP contribution in [-0.4, -0.2) is 53.7 Å². The Morgan fingerprint density at radius 1 is 1.17 bits per heavy atom. The van der Waals surface area contributed by atoms with Crippen LogP contribution in [-0.2, 0) is 16.1 Å². The summed E-state index contributed by atoms with van der Waals surface area (Å²) in [5.74, 6) is -0.685. The molecule has 3 rings (SSSR count). The van der Waals surface area contributed by atoms with Gasteiger partial charge in [0.1, 0.15) is 12.4 Å². The van der Waals surface area contributed by atoms with Gasteiger partial charge in [0, 0.05) is 49.8 Å². The van der Waals surface area contributed by atoms with Gasteiger partial charge < -0.3 is 25.7 Å². The van der Waals surface area contributed by atoms with Crippen molar-refractivity contribution in [2.75, 3.05) is 36.0 Å². The van der Waals surface area contributed by atoms with Crippen LogP contribution in [0.1, 0.15) is 29.3 Å². The Labute approximate surface area is 173 Å². The van der Waals surface area contributed by atoms with Crippen molar-refractivity contribution in [3.05, 3.63) is 47.5 Å². The number of carbonyl (C=O) groups excluding carboxylic acids is 2. The average molecular weight is 414 g/mol. The van der Waals surface area contributed by atoms with Crippen LogP contribution in [0.4, 0.5) is 16.0 Å². The highest BCUT2D eigenvalue weighted by Gasteiger charge is 2.23. The van der Waals surface area contributed by atoms with E-state index in [1.807, 2.05) is 9.80 Å². The minimum absolute atomic E-state index is 0.115. The van der Waals surface area contributed by atoms with Gasteiger partial charge in [0.2, 0.25) is 5.91 Å². The minimum Gasteiger partial charge on any atom is -0.460 e. The van der Waals surface area contributed by atoms with E-state index < -0.39 is 17.7 Å². The Hall–Kier alpha value is -3.56. The number of nitrogens with one attached hydrogen (secondary N) is 1. The molecule has 1 aliphatic rings. The van der Waals surface area contributed by atoms with E-state index in [0.717, 1.165) is 5.82 Å². The maximum Gasteiger partial charge on any atom is 0.311 e. The summed E-state index contributed by atoms with van der Waals surface area (Å²) in [7, 11) is 0. The van der Waals surface area contributed by atoms with E-state index in [2.05, 4.69) is 9.97 Å². The highest BCUT2D eigenvalue weighted by Crippen LogP contribution is 2.23. The number of hydrogen-bond donors (Lipinski definition) is 2. The molecule has 0 aromatic carbocycles. The number of pyridine rings is 2. The highest BCUT2D eigenvalue weighted by atomic mass is 19.1. The van der Waals surface area contributed by atoms with Crippen LogP contribution in [0.25, 0.3) is 0 Å². The highest BCUT2D eigenvalue weighted by molar-refractivity contribution is 5.95. The molecule has 0 aliphatic carbocycles. The number of amides is 1. The van der Waals surface area contributed by atoms with E-state index in [9.17, 15) is 14.0 Å². The lowest BCUT2D eigenvalue weighted by atomic mass is 10.2. The lowest BCUT2D eigenvalue weighted by molar-refractivity contribution is -0.143. The van der Waals surface area contributed by atoms with Gasteiger partial charge in [-0.2, -0.15) is 0 Å². The molecule has 3 N–H and O–H groups in total. The van der Waals surface area contributed by atoms with Crippen molar-refractivity contribution in [3.8, 4) is 0 Å². The Bertz CT molecular complexity index is 942. The fourth-order valence-corrected chi connectivity index (χ4v) is 3.10. The van der Waals surface area contributed by atoms with Crippen molar-refractivity contribution in [3.63, 3.8) is 0 Å². The molecule has 1 saturated heterocycles. The van der Waals surface area contributed by atoms with Crippen molar-refractivity contribution in [1.29, 1.82) is 5.41 Å². The molecule has 30 heavy (non-hydrogen) atoms. The average Bonchev–Trinajstić information content (AvgIpc) is 2.73. The number of nitrogens with zero attached hydrogens (tertiary/aromatic N) is 4. The SMILES string of the molecule is CC(=N)CC(=O)OCc1ccnc(N2CCN(c3ccc(C(N)=O)cn3)CC2)c1F. The molecular weight excluding hydrogens is 391 g/mol. The van der Waals surface area contributed by atoms with Gasteiger partial charge in [0.25, 0.3) is 0 Å². The smallest absolute Gasteiger partial charge is 0.311 e. The van der Waals surface area contributed by atoms with Crippen LogP contribution in [0.5, 0.6) is 0 Å². The molecule has 0 spiro atoms. The molecule has 10 heteroatoms. The molecule has 0 radical (unpaired) electrons. The zero-order valence-electron chi connectivity index (χ0n) is 16.6. The van der Waals surface area contributed by atoms with Gasteiger partial charge in [0.15, 0.2) is 11.6 Å². The van der Waals surface area contributed by atoms with Crippen LogP contribution < -0.4 is 15.5 Å². The lowest BCUT2D eigenvalue weighted by Crippen LogP contribution is -2.47. The van der Waals surface area contributed by atoms with Gasteiger partial charge in [-0.1, -0.05) is 0 Å². The fourth-order valence-electron chi connectivity index (χ4n) is 3.10. The van der Waals surface area contributed by atoms with E-state index in [4.69, 9.17) is 15.9 Å². The zero-order valence-corrected chi connectivity index (χ0v) is 16.6. The third kappa shape index (κ3) is 5.07. The number of carbonyl (C=O) groups is 2. The molecule has 1 amide bonds. The number of rotatable bonds is 7. The first-order chi connectivity index (χ1) is 14.3. The van der Waals surface area contributed by atoms with Gasteiger partial charge >= 0.3 is 5.97 Å². The maximum absolute atomic E-state index is 14.9. The van der Waals surface area contributed by atoms with E-state index in [-0.39, 0.29) is 30.1 Å². The van der Waals surface area contributed by atoms with Crippen molar-refractivity contribution < 1.29 is 18.7 Å². The minimum atomic E-state index is -0.566. The number of aromatic nitrogens is 2. The first kappa shape index (κ1) is 21.2. The van der Waals surface area contributed by atoms with E-state index >= 15 is 0 Å². The molecule has 2 aromatic heterocycles. The van der Waals surface area contributed by atoms with Crippen LogP contribution >= 0.6 is 0 Å². The number of primary amides is 1. The largest absolute Gasteiger partial charge is 0.460 e. The maximum atomic E-state index is 14.9. The van der Waals surface area contributed by atoms with Crippen molar-refractivity contribution in [2.45, 2.75) is 20.0 Å². The Kier molecular flexibility index (Phi) is 6.55. The molecule has 0 saturated carbocycles. The third-order valence-corrected chi connectivity index (χ3v) is 4.68. The second kappa shape index (κ2) is 9.29. The Morgan fingerprint density at radius 2 is 1.87 bits per heavy atom. The van der Waals surface area contributed by atoms with Crippen LogP contribution in [0.15, 0.2) is 30.6 Å². The zero-order chi connectivity index (χ0) is 21.7. The fraction of sp³-hybridized carbons (Fsp3) is 0.350. The quantitative estimate of drug-likeness (QED) is 0.520. The number of hydrogen-bond acceptors (Lipinski definition) is 8. The molecule has 158 valence electrons. The first-order valence-electron chi connectivity index (χ1n) is 9.44. The summed E-state index contributed by atoms with van der Waals surface area (Å²) in [5.41, 5.74) is 6.00. The molecule has 1 fully saturated rings. The standard InChI is InChI=1S/C20H23FN6O3/c1-13(22)10-17(28)30-12-15-4-5-24-20(18(15)21)27-8-6-26(7-9-27)16-3-2-14(11-25-16)19(23)29/h2-5,11,22H,6-10,12H2,1H3,(H2,23,29). The number of halogens is 1. The van der Waals surface area contributed by atoms with Crippen LogP contribution in [0.3, 0.4) is 0 Å². The van der Waals surface area contributed by atoms with Gasteiger partial charge in [-0.15, -0.1) is 0 Å². The summed E-state index contributed by atoms with van der Waals surface area (Å²) in [6.45, 7) is 3.56. The van der Waals surface area contributed by atoms with Gasteiger partial charge in [-0.25, -0.2) is 14.4 Å². The van der Waals surface area contributed by atoms with Crippen molar-refractivity contribution in [2.24, 2.45) is 5.73 Å². The summed E-state index contributed by atoms with van der Waals surface area (Å²) >= 11 is 0. The van der Waals surface area contributed by atoms with Crippen LogP contribution in [0.2, 0.25) is 0 Å². The molecule has 9 nitrogen and oxygen atoms in total. The molecular formula is C20H23FN6O3. The predicted octanol–water partition coefficient (Wildman–Crippen LogP) is 1.51. The Balaban J connectivity index is 1.62. The van der Waals surface area contributed by atoms with E-state index in [1.54, 1.807) is 12.1 Å². The number of esters is 1. The number of nitrogens with two attached hydrogens (primary N) is 1. The summed E-state index contributed by atoms with van der Waals surface area (Å²) < 4.78 is 20.0. The van der Waals surface area contributed by atoms with Crippen LogP contribution in [0, 0.1) is 11.2 Å². The summed E-state index contributed by atoms with van der Waals surface area (Å²) in [4.78, 5) is 35.1. The summed E-state index contributed by atoms with van der Waals surface area (Å²) in [5, 5.41) is 7.31. The normalized spacial score (nSPS) is 13.8. The molecule has 1 aliphatic heterocycles. The van der Waals surface area contributed by atoms with Crippen molar-refractivity contribution >= 4 is 29.2 Å². The second-order valence-electron chi connectivity index (χ2n) is 6.97. The molecule has 0 bridgehead atoms. The number of anilines is 2. The Morgan fingerprint density at radius 3 is 2.47 bits per heavy atom. The molecule has 2 aromatic rings. The van der Waals surface area contributed by atoms with E-state index in [1.165, 1.54) is 25.4 Å². The number of ether oxygens (including phenoxy) is 1. The molecule has 3 heterocycles. The first-order valence-corrected chi connectivity index (χ1v) is 9.44. The van der Waals surface area contributed by atoms with Gasteiger partial charge in [0.05, 0.1) is 12.0 Å². The summed E-state index contributed by atoms with van der Waals surface area (Å²) in [6, 6.07) is 4.84. The molecule has 0 unspecified atom stereocenters. The van der Waals surface area contributed by atoms with Crippen molar-refractivity contribution in [1.82, 2.24) is 9.97 Å². The van der Waals surface area contributed by atoms with Gasteiger partial charge in [-0.3, -0.25) is 9.59 Å². The monoisotopic (exact) mass is 414 g/mol. The topological polar surface area (TPSA) is 125 Å². The summed E-state index contributed by atoms with van der Waals surface area (Å²) in [6.07, 6.45) is 2.81. The predicted molar refractivity (Wildman–Crippen MR) is 109 cm³/mol. The lowest BCUT2D eigenvalue weighted by Gasteiger charge is -2.36. The third-order valence-electron chi connectivity index (χ3n) is 4.68. The second-order valence-corrected chi connectivity index (χ2v) is 6.97. The van der Waals surface area contributed by atoms with Gasteiger partial charge in [-0.05, 0) is 25.1 Å².